The smallest absolute Gasteiger partial charge is 0.162 e. The summed E-state index contributed by atoms with van der Waals surface area (Å²) in [6, 6.07) is 13.4. The van der Waals surface area contributed by atoms with Crippen LogP contribution in [-0.2, 0) is 6.61 Å². The molecule has 0 saturated carbocycles. The maximum Gasteiger partial charge on any atom is 0.162 e. The Morgan fingerprint density at radius 3 is 2.15 bits per heavy atom. The normalized spacial score (nSPS) is 12.0. The summed E-state index contributed by atoms with van der Waals surface area (Å²) in [4.78, 5) is 4.47. The fraction of sp³-hybridized carbons (Fsp3) is 0.250. The van der Waals surface area contributed by atoms with Gasteiger partial charge >= 0.3 is 0 Å². The van der Waals surface area contributed by atoms with E-state index in [1.54, 1.807) is 20.4 Å². The molecule has 0 bridgehead atoms. The highest BCUT2D eigenvalue weighted by Gasteiger charge is 2.13. The molecule has 0 radical (unpaired) electrons. The molecular formula is C28H31NO4. The van der Waals surface area contributed by atoms with Crippen LogP contribution >= 0.6 is 0 Å². The molecule has 0 aliphatic rings. The summed E-state index contributed by atoms with van der Waals surface area (Å²) in [5, 5.41) is 10.2. The molecule has 0 saturated heterocycles. The number of methoxy groups -OCH3 is 2. The van der Waals surface area contributed by atoms with Crippen molar-refractivity contribution in [2.45, 2.75) is 34.3 Å². The van der Waals surface area contributed by atoms with Gasteiger partial charge in [0.2, 0.25) is 0 Å². The largest absolute Gasteiger partial charge is 0.493 e. The molecule has 0 atom stereocenters. The van der Waals surface area contributed by atoms with Gasteiger partial charge in [-0.3, -0.25) is 4.98 Å². The van der Waals surface area contributed by atoms with Crippen LogP contribution in [0.4, 0.5) is 0 Å². The molecule has 3 rings (SSSR count). The number of allylic oxidation sites excluding steroid dienone is 5. The van der Waals surface area contributed by atoms with Crippen molar-refractivity contribution in [2.24, 2.45) is 0 Å². The lowest BCUT2D eigenvalue weighted by atomic mass is 10.0. The second kappa shape index (κ2) is 10.8. The van der Waals surface area contributed by atoms with Gasteiger partial charge in [0, 0.05) is 17.6 Å². The highest BCUT2D eigenvalue weighted by Crippen LogP contribution is 2.36. The van der Waals surface area contributed by atoms with Gasteiger partial charge in [-0.2, -0.15) is 0 Å². The Morgan fingerprint density at radius 2 is 1.55 bits per heavy atom. The van der Waals surface area contributed by atoms with Crippen LogP contribution in [0.1, 0.15) is 38.8 Å². The second-order valence-corrected chi connectivity index (χ2v) is 8.00. The Kier molecular flexibility index (Phi) is 7.91. The number of hydrogen-bond donors (Lipinski definition) is 1. The number of ether oxygens (including phenoxy) is 3. The molecule has 0 unspecified atom stereocenters. The number of pyridine rings is 1. The Bertz CT molecular complexity index is 1220. The summed E-state index contributed by atoms with van der Waals surface area (Å²) in [7, 11) is 3.21. The fourth-order valence-corrected chi connectivity index (χ4v) is 3.26. The third kappa shape index (κ3) is 5.62. The molecule has 0 fully saturated rings. The van der Waals surface area contributed by atoms with Crippen molar-refractivity contribution < 1.29 is 19.3 Å². The lowest BCUT2D eigenvalue weighted by Gasteiger charge is -2.15. The minimum absolute atomic E-state index is 0.0143. The van der Waals surface area contributed by atoms with E-state index in [0.717, 1.165) is 33.4 Å². The van der Waals surface area contributed by atoms with Gasteiger partial charge in [-0.05, 0) is 62.6 Å². The molecule has 0 aliphatic heterocycles. The lowest BCUT2D eigenvalue weighted by Crippen LogP contribution is -1.99. The first-order valence-corrected chi connectivity index (χ1v) is 10.8. The molecule has 172 valence electrons. The van der Waals surface area contributed by atoms with Gasteiger partial charge in [-0.25, -0.2) is 0 Å². The van der Waals surface area contributed by atoms with Crippen LogP contribution in [0, 0.1) is 0 Å². The van der Waals surface area contributed by atoms with Gasteiger partial charge < -0.3 is 19.3 Å². The number of rotatable bonds is 8. The molecule has 3 aromatic rings. The Hall–Kier alpha value is -3.57. The van der Waals surface area contributed by atoms with Gasteiger partial charge in [-0.1, -0.05) is 41.5 Å². The zero-order valence-electron chi connectivity index (χ0n) is 20.1. The zero-order chi connectivity index (χ0) is 24.0. The maximum atomic E-state index is 9.37. The molecular weight excluding hydrogens is 414 g/mol. The van der Waals surface area contributed by atoms with Crippen LogP contribution in [0.2, 0.25) is 0 Å². The molecule has 0 aliphatic carbocycles. The summed E-state index contributed by atoms with van der Waals surface area (Å²) in [6.45, 7) is 8.29. The van der Waals surface area contributed by atoms with E-state index >= 15 is 0 Å². The standard InChI is InChI=1S/C28H31NO4/c1-18(2)19(3)7-12-25(20(4)22-10-8-21(17-30)9-11-22)33-26-13-14-29-24-16-28(32-6)27(31-5)15-23(24)26/h7-16,30H,17H2,1-6H3/b12-7-,25-20-. The molecule has 5 heteroatoms. The van der Waals surface area contributed by atoms with E-state index in [0.29, 0.717) is 17.2 Å². The predicted octanol–water partition coefficient (Wildman–Crippen LogP) is 6.47. The van der Waals surface area contributed by atoms with E-state index in [4.69, 9.17) is 14.2 Å². The van der Waals surface area contributed by atoms with Crippen molar-refractivity contribution in [2.75, 3.05) is 14.2 Å². The van der Waals surface area contributed by atoms with Gasteiger partial charge in [0.1, 0.15) is 11.5 Å². The summed E-state index contributed by atoms with van der Waals surface area (Å²) in [5.41, 5.74) is 6.01. The SMILES string of the molecule is COc1cc2nccc(OC(/C=C\C(C)=C(C)C)=C(/C)c3ccc(CO)cc3)c2cc1OC. The Balaban J connectivity index is 2.13. The average Bonchev–Trinajstić information content (AvgIpc) is 2.84. The number of fused-ring (bicyclic) bond motifs is 1. The average molecular weight is 446 g/mol. The quantitative estimate of drug-likeness (QED) is 0.318. The molecule has 1 N–H and O–H groups in total. The summed E-state index contributed by atoms with van der Waals surface area (Å²) < 4.78 is 17.4. The number of benzene rings is 2. The van der Waals surface area contributed by atoms with E-state index in [1.165, 1.54) is 11.1 Å². The maximum absolute atomic E-state index is 9.37. The first-order chi connectivity index (χ1) is 15.9. The fourth-order valence-electron chi connectivity index (χ4n) is 3.26. The van der Waals surface area contributed by atoms with Crippen molar-refractivity contribution in [3.63, 3.8) is 0 Å². The number of hydrogen-bond acceptors (Lipinski definition) is 5. The van der Waals surface area contributed by atoms with Crippen molar-refractivity contribution >= 4 is 16.5 Å². The molecule has 0 spiro atoms. The number of aliphatic hydroxyl groups excluding tert-OH is 1. The van der Waals surface area contributed by atoms with Crippen LogP contribution < -0.4 is 14.2 Å². The summed E-state index contributed by atoms with van der Waals surface area (Å²) in [6.07, 6.45) is 5.77. The van der Waals surface area contributed by atoms with Crippen LogP contribution in [-0.4, -0.2) is 24.3 Å². The van der Waals surface area contributed by atoms with Gasteiger partial charge in [0.15, 0.2) is 11.5 Å². The predicted molar refractivity (Wildman–Crippen MR) is 134 cm³/mol. The molecule has 33 heavy (non-hydrogen) atoms. The van der Waals surface area contributed by atoms with Crippen LogP contribution in [0.5, 0.6) is 17.2 Å². The molecule has 1 heterocycles. The van der Waals surface area contributed by atoms with E-state index in [2.05, 4.69) is 31.8 Å². The van der Waals surface area contributed by atoms with Crippen molar-refractivity contribution in [3.8, 4) is 17.2 Å². The minimum Gasteiger partial charge on any atom is -0.493 e. The minimum atomic E-state index is 0.0143. The molecule has 1 aromatic heterocycles. The summed E-state index contributed by atoms with van der Waals surface area (Å²) >= 11 is 0. The van der Waals surface area contributed by atoms with E-state index in [1.807, 2.05) is 55.5 Å². The number of nitrogens with zero attached hydrogens (tertiary/aromatic N) is 1. The first-order valence-electron chi connectivity index (χ1n) is 10.8. The van der Waals surface area contributed by atoms with Gasteiger partial charge in [0.05, 0.1) is 26.3 Å². The van der Waals surface area contributed by atoms with Gasteiger partial charge in [0.25, 0.3) is 0 Å². The van der Waals surface area contributed by atoms with E-state index < -0.39 is 0 Å². The number of aromatic nitrogens is 1. The molecule has 5 nitrogen and oxygen atoms in total. The first kappa shape index (κ1) is 24.1. The number of aliphatic hydroxyl groups is 1. The summed E-state index contributed by atoms with van der Waals surface area (Å²) in [5.74, 6) is 2.61. The van der Waals surface area contributed by atoms with Crippen LogP contribution in [0.15, 0.2) is 77.7 Å². The van der Waals surface area contributed by atoms with Crippen LogP contribution in [0.25, 0.3) is 16.5 Å². The molecule has 2 aromatic carbocycles. The third-order valence-corrected chi connectivity index (χ3v) is 5.64. The Morgan fingerprint density at radius 1 is 0.879 bits per heavy atom. The van der Waals surface area contributed by atoms with Gasteiger partial charge in [-0.15, -0.1) is 0 Å². The van der Waals surface area contributed by atoms with E-state index in [9.17, 15) is 5.11 Å². The van der Waals surface area contributed by atoms with Crippen molar-refractivity contribution in [1.82, 2.24) is 4.98 Å². The zero-order valence-corrected chi connectivity index (χ0v) is 20.1. The third-order valence-electron chi connectivity index (χ3n) is 5.64. The highest BCUT2D eigenvalue weighted by molar-refractivity contribution is 5.88. The van der Waals surface area contributed by atoms with Crippen LogP contribution in [0.3, 0.4) is 0 Å². The molecule has 0 amide bonds. The van der Waals surface area contributed by atoms with Crippen molar-refractivity contribution in [1.29, 1.82) is 0 Å². The van der Waals surface area contributed by atoms with E-state index in [-0.39, 0.29) is 6.61 Å². The Labute approximate surface area is 195 Å². The lowest BCUT2D eigenvalue weighted by molar-refractivity contribution is 0.282. The van der Waals surface area contributed by atoms with Crippen molar-refractivity contribution in [3.05, 3.63) is 88.8 Å². The highest BCUT2D eigenvalue weighted by atomic mass is 16.5. The second-order valence-electron chi connectivity index (χ2n) is 8.00. The topological polar surface area (TPSA) is 60.8 Å². The monoisotopic (exact) mass is 445 g/mol.